The lowest BCUT2D eigenvalue weighted by Crippen LogP contribution is -2.34. The van der Waals surface area contributed by atoms with E-state index in [-0.39, 0.29) is 25.0 Å². The van der Waals surface area contributed by atoms with Crippen LogP contribution in [0.5, 0.6) is 5.75 Å². The highest BCUT2D eigenvalue weighted by Crippen LogP contribution is 2.22. The maximum atomic E-state index is 11.9. The standard InChI is InChI=1S/C12H16N2O5S/c1-14-9(8-18-10-4-3-5-13-7-10)6-11(12(14)15)19-20(2,16)17/h3-5,7,9,11H,6,8H2,1-2H3. The molecule has 0 N–H and O–H groups in total. The second-order valence-electron chi connectivity index (χ2n) is 4.63. The van der Waals surface area contributed by atoms with Crippen molar-refractivity contribution in [3.05, 3.63) is 24.5 Å². The molecular weight excluding hydrogens is 284 g/mol. The van der Waals surface area contributed by atoms with Crippen LogP contribution in [0.2, 0.25) is 0 Å². The summed E-state index contributed by atoms with van der Waals surface area (Å²) < 4.78 is 32.5. The Balaban J connectivity index is 1.95. The highest BCUT2D eigenvalue weighted by atomic mass is 32.2. The van der Waals surface area contributed by atoms with E-state index in [1.807, 2.05) is 0 Å². The number of likely N-dealkylation sites (tertiary alicyclic amines) is 1. The van der Waals surface area contributed by atoms with Gasteiger partial charge in [0.2, 0.25) is 0 Å². The van der Waals surface area contributed by atoms with Crippen LogP contribution in [0.25, 0.3) is 0 Å². The molecular formula is C12H16N2O5S. The molecule has 0 aliphatic carbocycles. The molecule has 0 radical (unpaired) electrons. The summed E-state index contributed by atoms with van der Waals surface area (Å²) in [6, 6.07) is 3.28. The van der Waals surface area contributed by atoms with Gasteiger partial charge >= 0.3 is 0 Å². The Hall–Kier alpha value is -1.67. The Labute approximate surface area is 117 Å². The summed E-state index contributed by atoms with van der Waals surface area (Å²) in [5.41, 5.74) is 0. The van der Waals surface area contributed by atoms with Gasteiger partial charge in [-0.15, -0.1) is 0 Å². The van der Waals surface area contributed by atoms with Gasteiger partial charge < -0.3 is 9.64 Å². The number of carbonyl (C=O) groups excluding carboxylic acids is 1. The monoisotopic (exact) mass is 300 g/mol. The molecule has 0 spiro atoms. The van der Waals surface area contributed by atoms with E-state index in [2.05, 4.69) is 4.98 Å². The Bertz CT molecular complexity index is 575. The number of amides is 1. The molecule has 2 rings (SSSR count). The highest BCUT2D eigenvalue weighted by molar-refractivity contribution is 7.86. The second kappa shape index (κ2) is 5.76. The molecule has 1 aromatic heterocycles. The van der Waals surface area contributed by atoms with Crippen LogP contribution in [0.3, 0.4) is 0 Å². The minimum Gasteiger partial charge on any atom is -0.490 e. The zero-order chi connectivity index (χ0) is 14.8. The molecule has 2 heterocycles. The molecule has 1 aromatic rings. The number of rotatable bonds is 5. The SMILES string of the molecule is CN1C(=O)C(OS(C)(=O)=O)CC1COc1cccnc1. The fourth-order valence-corrected chi connectivity index (χ4v) is 2.59. The van der Waals surface area contributed by atoms with Gasteiger partial charge in [-0.05, 0) is 12.1 Å². The van der Waals surface area contributed by atoms with Crippen molar-refractivity contribution < 1.29 is 22.1 Å². The number of hydrogen-bond donors (Lipinski definition) is 0. The van der Waals surface area contributed by atoms with Gasteiger partial charge in [0.15, 0.2) is 6.10 Å². The molecule has 2 atom stereocenters. The fraction of sp³-hybridized carbons (Fsp3) is 0.500. The van der Waals surface area contributed by atoms with E-state index < -0.39 is 16.2 Å². The Morgan fingerprint density at radius 3 is 2.85 bits per heavy atom. The molecule has 1 amide bonds. The topological polar surface area (TPSA) is 85.8 Å². The van der Waals surface area contributed by atoms with Crippen molar-refractivity contribution in [3.8, 4) is 5.75 Å². The van der Waals surface area contributed by atoms with E-state index in [0.29, 0.717) is 5.75 Å². The lowest BCUT2D eigenvalue weighted by molar-refractivity contribution is -0.133. The third-order valence-electron chi connectivity index (χ3n) is 3.02. The Morgan fingerprint density at radius 1 is 1.50 bits per heavy atom. The van der Waals surface area contributed by atoms with Gasteiger partial charge in [-0.1, -0.05) is 0 Å². The van der Waals surface area contributed by atoms with Crippen molar-refractivity contribution in [1.29, 1.82) is 0 Å². The van der Waals surface area contributed by atoms with Crippen molar-refractivity contribution in [3.63, 3.8) is 0 Å². The van der Waals surface area contributed by atoms with Crippen molar-refractivity contribution in [2.24, 2.45) is 0 Å². The quantitative estimate of drug-likeness (QED) is 0.714. The number of aromatic nitrogens is 1. The highest BCUT2D eigenvalue weighted by Gasteiger charge is 2.40. The minimum atomic E-state index is -3.65. The largest absolute Gasteiger partial charge is 0.490 e. The Morgan fingerprint density at radius 2 is 2.25 bits per heavy atom. The first-order valence-electron chi connectivity index (χ1n) is 6.04. The van der Waals surface area contributed by atoms with Crippen molar-refractivity contribution >= 4 is 16.0 Å². The molecule has 2 unspecified atom stereocenters. The van der Waals surface area contributed by atoms with Crippen LogP contribution < -0.4 is 4.74 Å². The van der Waals surface area contributed by atoms with Crippen LogP contribution in [0.15, 0.2) is 24.5 Å². The summed E-state index contributed by atoms with van der Waals surface area (Å²) in [6.07, 6.45) is 3.45. The lowest BCUT2D eigenvalue weighted by Gasteiger charge is -2.19. The molecule has 8 heteroatoms. The predicted octanol–water partition coefficient (Wildman–Crippen LogP) is 0.0359. The molecule has 1 aliphatic rings. The van der Waals surface area contributed by atoms with E-state index in [9.17, 15) is 13.2 Å². The smallest absolute Gasteiger partial charge is 0.265 e. The van der Waals surface area contributed by atoms with E-state index in [4.69, 9.17) is 8.92 Å². The molecule has 0 saturated carbocycles. The summed E-state index contributed by atoms with van der Waals surface area (Å²) in [5.74, 6) is 0.246. The van der Waals surface area contributed by atoms with Gasteiger partial charge in [0.1, 0.15) is 12.4 Å². The molecule has 0 bridgehead atoms. The zero-order valence-electron chi connectivity index (χ0n) is 11.2. The summed E-state index contributed by atoms with van der Waals surface area (Å²) in [7, 11) is -2.05. The normalized spacial score (nSPS) is 23.1. The number of likely N-dealkylation sites (N-methyl/N-ethyl adjacent to an activating group) is 1. The average molecular weight is 300 g/mol. The first kappa shape index (κ1) is 14.7. The van der Waals surface area contributed by atoms with Gasteiger partial charge in [0, 0.05) is 19.7 Å². The summed E-state index contributed by atoms with van der Waals surface area (Å²) in [4.78, 5) is 17.2. The number of hydrogen-bond acceptors (Lipinski definition) is 6. The van der Waals surface area contributed by atoms with Crippen molar-refractivity contribution in [2.75, 3.05) is 19.9 Å². The molecule has 20 heavy (non-hydrogen) atoms. The van der Waals surface area contributed by atoms with Crippen LogP contribution >= 0.6 is 0 Å². The van der Waals surface area contributed by atoms with Crippen LogP contribution in [-0.4, -0.2) is 56.3 Å². The minimum absolute atomic E-state index is 0.227. The molecule has 7 nitrogen and oxygen atoms in total. The summed E-state index contributed by atoms with van der Waals surface area (Å²) in [6.45, 7) is 0.261. The van der Waals surface area contributed by atoms with E-state index in [1.54, 1.807) is 31.6 Å². The maximum Gasteiger partial charge on any atom is 0.265 e. The van der Waals surface area contributed by atoms with Crippen LogP contribution in [0.1, 0.15) is 6.42 Å². The second-order valence-corrected chi connectivity index (χ2v) is 6.23. The fourth-order valence-electron chi connectivity index (χ4n) is 2.01. The lowest BCUT2D eigenvalue weighted by atomic mass is 10.2. The van der Waals surface area contributed by atoms with Crippen molar-refractivity contribution in [2.45, 2.75) is 18.6 Å². The van der Waals surface area contributed by atoms with Crippen LogP contribution in [0, 0.1) is 0 Å². The number of nitrogens with zero attached hydrogens (tertiary/aromatic N) is 2. The van der Waals surface area contributed by atoms with Gasteiger partial charge in [-0.25, -0.2) is 0 Å². The van der Waals surface area contributed by atoms with Crippen LogP contribution in [-0.2, 0) is 19.1 Å². The van der Waals surface area contributed by atoms with E-state index in [0.717, 1.165) is 6.26 Å². The molecule has 0 aromatic carbocycles. The van der Waals surface area contributed by atoms with Gasteiger partial charge in [-0.2, -0.15) is 8.42 Å². The third-order valence-corrected chi connectivity index (χ3v) is 3.61. The molecule has 1 fully saturated rings. The predicted molar refractivity (Wildman–Crippen MR) is 70.6 cm³/mol. The Kier molecular flexibility index (Phi) is 4.24. The third kappa shape index (κ3) is 3.67. The zero-order valence-corrected chi connectivity index (χ0v) is 12.0. The van der Waals surface area contributed by atoms with Crippen molar-refractivity contribution in [1.82, 2.24) is 9.88 Å². The molecule has 110 valence electrons. The number of ether oxygens (including phenoxy) is 1. The van der Waals surface area contributed by atoms with Gasteiger partial charge in [0.05, 0.1) is 18.5 Å². The van der Waals surface area contributed by atoms with Gasteiger partial charge in [0.25, 0.3) is 16.0 Å². The first-order valence-corrected chi connectivity index (χ1v) is 7.86. The summed E-state index contributed by atoms with van der Waals surface area (Å²) in [5, 5.41) is 0. The number of pyridine rings is 1. The van der Waals surface area contributed by atoms with E-state index >= 15 is 0 Å². The molecule has 1 saturated heterocycles. The summed E-state index contributed by atoms with van der Waals surface area (Å²) >= 11 is 0. The number of carbonyl (C=O) groups is 1. The molecule has 1 aliphatic heterocycles. The van der Waals surface area contributed by atoms with Gasteiger partial charge in [-0.3, -0.25) is 14.0 Å². The van der Waals surface area contributed by atoms with Crippen LogP contribution in [0.4, 0.5) is 0 Å². The maximum absolute atomic E-state index is 11.9. The average Bonchev–Trinajstić information content (AvgIpc) is 2.64. The van der Waals surface area contributed by atoms with E-state index in [1.165, 1.54) is 4.90 Å². The first-order chi connectivity index (χ1) is 9.37.